The first-order valence-electron chi connectivity index (χ1n) is 5.14. The lowest BCUT2D eigenvalue weighted by Gasteiger charge is -2.05. The second-order valence-corrected chi connectivity index (χ2v) is 3.41. The van der Waals surface area contributed by atoms with E-state index in [0.717, 1.165) is 5.69 Å². The van der Waals surface area contributed by atoms with Crippen molar-refractivity contribution in [3.63, 3.8) is 0 Å². The lowest BCUT2D eigenvalue weighted by atomic mass is 10.1. The number of anilines is 1. The molecule has 0 unspecified atom stereocenters. The first-order valence-corrected chi connectivity index (χ1v) is 5.14. The maximum Gasteiger partial charge on any atom is 0.170 e. The SMILES string of the molecule is CCONc1ccc(C(=O)CC(C)=O)cc1. The van der Waals surface area contributed by atoms with Gasteiger partial charge in [-0.15, -0.1) is 0 Å². The molecular weight excluding hydrogens is 206 g/mol. The van der Waals surface area contributed by atoms with Crippen molar-refractivity contribution >= 4 is 17.3 Å². The highest BCUT2D eigenvalue weighted by Gasteiger charge is 2.07. The number of benzene rings is 1. The average Bonchev–Trinajstić information content (AvgIpc) is 2.26. The van der Waals surface area contributed by atoms with Gasteiger partial charge in [-0.3, -0.25) is 19.9 Å². The van der Waals surface area contributed by atoms with Crippen molar-refractivity contribution in [3.05, 3.63) is 29.8 Å². The van der Waals surface area contributed by atoms with Crippen LogP contribution in [0.25, 0.3) is 0 Å². The van der Waals surface area contributed by atoms with E-state index in [0.29, 0.717) is 12.2 Å². The molecule has 86 valence electrons. The van der Waals surface area contributed by atoms with Crippen LogP contribution in [-0.2, 0) is 9.63 Å². The molecule has 4 nitrogen and oxygen atoms in total. The van der Waals surface area contributed by atoms with Gasteiger partial charge in [-0.05, 0) is 38.1 Å². The van der Waals surface area contributed by atoms with Crippen LogP contribution < -0.4 is 5.48 Å². The van der Waals surface area contributed by atoms with Gasteiger partial charge in [0.2, 0.25) is 0 Å². The van der Waals surface area contributed by atoms with Crippen molar-refractivity contribution in [2.75, 3.05) is 12.1 Å². The first-order chi connectivity index (χ1) is 7.63. The predicted octanol–water partition coefficient (Wildman–Crippen LogP) is 2.21. The van der Waals surface area contributed by atoms with Gasteiger partial charge in [0, 0.05) is 5.56 Å². The van der Waals surface area contributed by atoms with Crippen LogP contribution in [0, 0.1) is 0 Å². The van der Waals surface area contributed by atoms with Gasteiger partial charge in [0.15, 0.2) is 5.78 Å². The lowest BCUT2D eigenvalue weighted by molar-refractivity contribution is -0.116. The van der Waals surface area contributed by atoms with Crippen molar-refractivity contribution in [3.8, 4) is 0 Å². The third kappa shape index (κ3) is 3.82. The molecule has 0 aliphatic heterocycles. The Morgan fingerprint density at radius 2 is 1.88 bits per heavy atom. The molecule has 0 aliphatic rings. The smallest absolute Gasteiger partial charge is 0.170 e. The minimum Gasteiger partial charge on any atom is -0.300 e. The number of ketones is 2. The Labute approximate surface area is 94.6 Å². The van der Waals surface area contributed by atoms with Gasteiger partial charge >= 0.3 is 0 Å². The number of hydrogen-bond acceptors (Lipinski definition) is 4. The fraction of sp³-hybridized carbons (Fsp3) is 0.333. The monoisotopic (exact) mass is 221 g/mol. The molecule has 0 bridgehead atoms. The second-order valence-electron chi connectivity index (χ2n) is 3.41. The number of carbonyl (C=O) groups excluding carboxylic acids is 2. The van der Waals surface area contributed by atoms with Gasteiger partial charge in [0.25, 0.3) is 0 Å². The summed E-state index contributed by atoms with van der Waals surface area (Å²) in [6.45, 7) is 3.84. The first kappa shape index (κ1) is 12.4. The largest absolute Gasteiger partial charge is 0.300 e. The second kappa shape index (κ2) is 6.02. The van der Waals surface area contributed by atoms with E-state index in [1.807, 2.05) is 6.92 Å². The van der Waals surface area contributed by atoms with Crippen LogP contribution in [0.4, 0.5) is 5.69 Å². The van der Waals surface area contributed by atoms with E-state index in [4.69, 9.17) is 4.84 Å². The lowest BCUT2D eigenvalue weighted by Crippen LogP contribution is -2.05. The Balaban J connectivity index is 2.63. The summed E-state index contributed by atoms with van der Waals surface area (Å²) in [6.07, 6.45) is -0.0434. The minimum absolute atomic E-state index is 0.0434. The van der Waals surface area contributed by atoms with Crippen molar-refractivity contribution in [1.82, 2.24) is 0 Å². The Bertz CT molecular complexity index is 370. The van der Waals surface area contributed by atoms with E-state index in [1.54, 1.807) is 24.3 Å². The van der Waals surface area contributed by atoms with Crippen molar-refractivity contribution in [1.29, 1.82) is 0 Å². The summed E-state index contributed by atoms with van der Waals surface area (Å²) in [5, 5.41) is 0. The van der Waals surface area contributed by atoms with Crippen molar-refractivity contribution in [2.45, 2.75) is 20.3 Å². The number of rotatable bonds is 6. The number of Topliss-reactive ketones (excluding diaryl/α,β-unsaturated/α-hetero) is 2. The highest BCUT2D eigenvalue weighted by molar-refractivity contribution is 6.07. The highest BCUT2D eigenvalue weighted by Crippen LogP contribution is 2.11. The number of carbonyl (C=O) groups is 2. The van der Waals surface area contributed by atoms with E-state index in [2.05, 4.69) is 5.48 Å². The molecule has 16 heavy (non-hydrogen) atoms. The molecule has 0 aromatic heterocycles. The van der Waals surface area contributed by atoms with E-state index in [9.17, 15) is 9.59 Å². The molecule has 0 heterocycles. The third-order valence-corrected chi connectivity index (χ3v) is 1.95. The van der Waals surface area contributed by atoms with Crippen LogP contribution in [0.1, 0.15) is 30.6 Å². The summed E-state index contributed by atoms with van der Waals surface area (Å²) in [5.74, 6) is -0.281. The van der Waals surface area contributed by atoms with Crippen LogP contribution in [0.5, 0.6) is 0 Å². The molecule has 0 atom stereocenters. The molecule has 1 aromatic carbocycles. The zero-order valence-electron chi connectivity index (χ0n) is 9.45. The summed E-state index contributed by atoms with van der Waals surface area (Å²) in [6, 6.07) is 6.82. The van der Waals surface area contributed by atoms with Crippen LogP contribution in [0.2, 0.25) is 0 Å². The maximum absolute atomic E-state index is 11.5. The normalized spacial score (nSPS) is 9.88. The van der Waals surface area contributed by atoms with Gasteiger partial charge in [-0.1, -0.05) is 0 Å². The summed E-state index contributed by atoms with van der Waals surface area (Å²) < 4.78 is 0. The van der Waals surface area contributed by atoms with Crippen LogP contribution in [0.15, 0.2) is 24.3 Å². The van der Waals surface area contributed by atoms with Crippen molar-refractivity contribution < 1.29 is 14.4 Å². The van der Waals surface area contributed by atoms with Crippen LogP contribution in [0.3, 0.4) is 0 Å². The fourth-order valence-corrected chi connectivity index (χ4v) is 1.21. The van der Waals surface area contributed by atoms with Crippen LogP contribution >= 0.6 is 0 Å². The molecule has 0 aliphatic carbocycles. The maximum atomic E-state index is 11.5. The molecule has 1 N–H and O–H groups in total. The summed E-state index contributed by atoms with van der Waals surface area (Å²) in [4.78, 5) is 27.3. The van der Waals surface area contributed by atoms with Gasteiger partial charge in [-0.25, -0.2) is 0 Å². The third-order valence-electron chi connectivity index (χ3n) is 1.95. The molecule has 0 saturated carbocycles. The standard InChI is InChI=1S/C12H15NO3/c1-3-16-13-11-6-4-10(5-7-11)12(15)8-9(2)14/h4-7,13H,3,8H2,1-2H3. The van der Waals surface area contributed by atoms with Gasteiger partial charge < -0.3 is 0 Å². The molecule has 0 saturated heterocycles. The molecular formula is C12H15NO3. The summed E-state index contributed by atoms with van der Waals surface area (Å²) in [7, 11) is 0. The summed E-state index contributed by atoms with van der Waals surface area (Å²) in [5.41, 5.74) is 4.04. The predicted molar refractivity (Wildman–Crippen MR) is 61.3 cm³/mol. The van der Waals surface area contributed by atoms with Gasteiger partial charge in [0.05, 0.1) is 18.7 Å². The molecule has 1 aromatic rings. The quantitative estimate of drug-likeness (QED) is 0.454. The Hall–Kier alpha value is -1.68. The topological polar surface area (TPSA) is 55.4 Å². The van der Waals surface area contributed by atoms with Gasteiger partial charge in [-0.2, -0.15) is 0 Å². The zero-order chi connectivity index (χ0) is 12.0. The molecule has 0 fully saturated rings. The fourth-order valence-electron chi connectivity index (χ4n) is 1.21. The molecule has 4 heteroatoms. The minimum atomic E-state index is -0.157. The molecule has 0 radical (unpaired) electrons. The Morgan fingerprint density at radius 3 is 2.38 bits per heavy atom. The molecule has 1 rings (SSSR count). The zero-order valence-corrected chi connectivity index (χ0v) is 9.45. The molecule has 0 spiro atoms. The Morgan fingerprint density at radius 1 is 1.25 bits per heavy atom. The van der Waals surface area contributed by atoms with Crippen LogP contribution in [-0.4, -0.2) is 18.2 Å². The Kier molecular flexibility index (Phi) is 4.66. The van der Waals surface area contributed by atoms with Crippen molar-refractivity contribution in [2.24, 2.45) is 0 Å². The number of hydrogen-bond donors (Lipinski definition) is 1. The van der Waals surface area contributed by atoms with E-state index >= 15 is 0 Å². The van der Waals surface area contributed by atoms with E-state index < -0.39 is 0 Å². The van der Waals surface area contributed by atoms with E-state index in [-0.39, 0.29) is 18.0 Å². The summed E-state index contributed by atoms with van der Waals surface area (Å²) >= 11 is 0. The van der Waals surface area contributed by atoms with Gasteiger partial charge in [0.1, 0.15) is 5.78 Å². The van der Waals surface area contributed by atoms with E-state index in [1.165, 1.54) is 6.92 Å². The highest BCUT2D eigenvalue weighted by atomic mass is 16.6. The number of nitrogens with one attached hydrogen (secondary N) is 1. The average molecular weight is 221 g/mol. The molecule has 0 amide bonds.